The second-order valence-electron chi connectivity index (χ2n) is 7.38. The number of hydrogen-bond acceptors (Lipinski definition) is 3. The lowest BCUT2D eigenvalue weighted by molar-refractivity contribution is 0.0691. The van der Waals surface area contributed by atoms with Crippen molar-refractivity contribution < 1.29 is 18.7 Å². The van der Waals surface area contributed by atoms with Gasteiger partial charge in [0.1, 0.15) is 18.2 Å². The Bertz CT molecular complexity index is 847. The van der Waals surface area contributed by atoms with E-state index in [0.29, 0.717) is 36.1 Å². The fourth-order valence-corrected chi connectivity index (χ4v) is 3.43. The molecule has 0 spiro atoms. The van der Waals surface area contributed by atoms with Crippen molar-refractivity contribution in [3.63, 3.8) is 0 Å². The predicted molar refractivity (Wildman–Crippen MR) is 103 cm³/mol. The first kappa shape index (κ1) is 18.5. The molecule has 1 N–H and O–H groups in total. The summed E-state index contributed by atoms with van der Waals surface area (Å²) in [6, 6.07) is 13.0. The Morgan fingerprint density at radius 3 is 2.36 bits per heavy atom. The molecule has 2 fully saturated rings. The van der Waals surface area contributed by atoms with E-state index in [-0.39, 0.29) is 23.7 Å². The number of hydrogen-bond donors (Lipinski definition) is 1. The van der Waals surface area contributed by atoms with E-state index in [1.165, 1.54) is 24.3 Å². The minimum Gasteiger partial charge on any atom is -0.491 e. The van der Waals surface area contributed by atoms with Crippen LogP contribution in [0.2, 0.25) is 0 Å². The van der Waals surface area contributed by atoms with Crippen molar-refractivity contribution in [1.29, 1.82) is 0 Å². The molecule has 1 heterocycles. The summed E-state index contributed by atoms with van der Waals surface area (Å²) in [6.45, 7) is 1.06. The maximum Gasteiger partial charge on any atom is 0.254 e. The molecule has 0 radical (unpaired) electrons. The van der Waals surface area contributed by atoms with Gasteiger partial charge in [0.25, 0.3) is 11.8 Å². The Balaban J connectivity index is 1.33. The Morgan fingerprint density at radius 1 is 1.00 bits per heavy atom. The molecule has 5 nitrogen and oxygen atoms in total. The lowest BCUT2D eigenvalue weighted by Gasteiger charge is -2.25. The van der Waals surface area contributed by atoms with Crippen molar-refractivity contribution in [1.82, 2.24) is 10.2 Å². The number of ether oxygens (including phenoxy) is 1. The van der Waals surface area contributed by atoms with E-state index in [1.807, 2.05) is 0 Å². The normalized spacial score (nSPS) is 18.8. The van der Waals surface area contributed by atoms with Gasteiger partial charge < -0.3 is 15.0 Å². The van der Waals surface area contributed by atoms with Gasteiger partial charge in [-0.1, -0.05) is 0 Å². The van der Waals surface area contributed by atoms with E-state index in [2.05, 4.69) is 5.32 Å². The third-order valence-electron chi connectivity index (χ3n) is 5.20. The lowest BCUT2D eigenvalue weighted by Crippen LogP contribution is -2.39. The average Bonchev–Trinajstić information content (AvgIpc) is 3.40. The number of likely N-dealkylation sites (tertiary alicyclic amines) is 1. The third-order valence-corrected chi connectivity index (χ3v) is 5.20. The number of carbonyl (C=O) groups is 2. The standard InChI is InChI=1S/C22H23FN2O3/c23-17-7-3-16(4-8-17)22(27)25-13-1-2-19(25)14-28-20-11-5-15(6-12-20)21(26)24-18-9-10-18/h3-8,11-12,18-19H,1-2,9-10,13-14H2,(H,24,26)/t19-/m0/s1. The molecule has 2 aliphatic rings. The van der Waals surface area contributed by atoms with Gasteiger partial charge in [0.05, 0.1) is 6.04 Å². The molecule has 1 aliphatic heterocycles. The molecule has 2 amide bonds. The van der Waals surface area contributed by atoms with Crippen LogP contribution >= 0.6 is 0 Å². The molecule has 146 valence electrons. The Hall–Kier alpha value is -2.89. The van der Waals surface area contributed by atoms with Crippen molar-refractivity contribution in [2.24, 2.45) is 0 Å². The summed E-state index contributed by atoms with van der Waals surface area (Å²) in [5.74, 6) is 0.162. The quantitative estimate of drug-likeness (QED) is 0.833. The summed E-state index contributed by atoms with van der Waals surface area (Å²) < 4.78 is 19.0. The summed E-state index contributed by atoms with van der Waals surface area (Å²) in [7, 11) is 0. The van der Waals surface area contributed by atoms with Crippen LogP contribution in [0.4, 0.5) is 4.39 Å². The topological polar surface area (TPSA) is 58.6 Å². The molecule has 0 bridgehead atoms. The predicted octanol–water partition coefficient (Wildman–Crippen LogP) is 3.40. The van der Waals surface area contributed by atoms with E-state index in [9.17, 15) is 14.0 Å². The second-order valence-corrected chi connectivity index (χ2v) is 7.38. The van der Waals surface area contributed by atoms with Crippen LogP contribution in [-0.2, 0) is 0 Å². The zero-order chi connectivity index (χ0) is 19.5. The highest BCUT2D eigenvalue weighted by atomic mass is 19.1. The molecule has 2 aromatic rings. The van der Waals surface area contributed by atoms with Gasteiger partial charge in [-0.2, -0.15) is 0 Å². The first-order chi connectivity index (χ1) is 13.6. The van der Waals surface area contributed by atoms with Crippen molar-refractivity contribution in [3.8, 4) is 5.75 Å². The number of nitrogens with zero attached hydrogens (tertiary/aromatic N) is 1. The highest BCUT2D eigenvalue weighted by molar-refractivity contribution is 5.95. The van der Waals surface area contributed by atoms with Gasteiger partial charge in [0.2, 0.25) is 0 Å². The number of nitrogens with one attached hydrogen (secondary N) is 1. The summed E-state index contributed by atoms with van der Waals surface area (Å²) in [5, 5.41) is 2.96. The van der Waals surface area contributed by atoms with Crippen LogP contribution in [0.1, 0.15) is 46.4 Å². The molecular formula is C22H23FN2O3. The van der Waals surface area contributed by atoms with E-state index in [1.54, 1.807) is 29.2 Å². The molecule has 0 unspecified atom stereocenters. The summed E-state index contributed by atoms with van der Waals surface area (Å²) >= 11 is 0. The smallest absolute Gasteiger partial charge is 0.254 e. The molecular weight excluding hydrogens is 359 g/mol. The molecule has 2 aromatic carbocycles. The second kappa shape index (κ2) is 8.00. The van der Waals surface area contributed by atoms with E-state index < -0.39 is 0 Å². The van der Waals surface area contributed by atoms with Gasteiger partial charge in [0, 0.05) is 23.7 Å². The lowest BCUT2D eigenvalue weighted by atomic mass is 10.1. The fraction of sp³-hybridized carbons (Fsp3) is 0.364. The molecule has 1 saturated carbocycles. The first-order valence-corrected chi connectivity index (χ1v) is 9.70. The minimum absolute atomic E-state index is 0.0182. The molecule has 1 aliphatic carbocycles. The summed E-state index contributed by atoms with van der Waals surface area (Å²) in [5.41, 5.74) is 1.10. The number of rotatable bonds is 6. The van der Waals surface area contributed by atoms with Crippen LogP contribution < -0.4 is 10.1 Å². The molecule has 0 aromatic heterocycles. The van der Waals surface area contributed by atoms with Crippen LogP contribution in [-0.4, -0.2) is 41.9 Å². The number of amides is 2. The van der Waals surface area contributed by atoms with Crippen LogP contribution in [0.5, 0.6) is 5.75 Å². The molecule has 4 rings (SSSR count). The number of halogens is 1. The van der Waals surface area contributed by atoms with E-state index in [0.717, 1.165) is 25.7 Å². The average molecular weight is 382 g/mol. The monoisotopic (exact) mass is 382 g/mol. The van der Waals surface area contributed by atoms with E-state index in [4.69, 9.17) is 4.74 Å². The molecule has 1 saturated heterocycles. The van der Waals surface area contributed by atoms with Crippen molar-refractivity contribution >= 4 is 11.8 Å². The Labute approximate surface area is 163 Å². The highest BCUT2D eigenvalue weighted by Gasteiger charge is 2.30. The maximum atomic E-state index is 13.1. The van der Waals surface area contributed by atoms with Gasteiger partial charge in [-0.15, -0.1) is 0 Å². The third kappa shape index (κ3) is 4.32. The fourth-order valence-electron chi connectivity index (χ4n) is 3.43. The zero-order valence-electron chi connectivity index (χ0n) is 15.6. The van der Waals surface area contributed by atoms with E-state index >= 15 is 0 Å². The van der Waals surface area contributed by atoms with Crippen LogP contribution in [0.15, 0.2) is 48.5 Å². The summed E-state index contributed by atoms with van der Waals surface area (Å²) in [6.07, 6.45) is 3.90. The molecule has 6 heteroatoms. The Kier molecular flexibility index (Phi) is 5.28. The van der Waals surface area contributed by atoms with Crippen molar-refractivity contribution in [2.75, 3.05) is 13.2 Å². The SMILES string of the molecule is O=C(NC1CC1)c1ccc(OC[C@@H]2CCCN2C(=O)c2ccc(F)cc2)cc1. The maximum absolute atomic E-state index is 13.1. The number of benzene rings is 2. The first-order valence-electron chi connectivity index (χ1n) is 9.70. The van der Waals surface area contributed by atoms with Crippen molar-refractivity contribution in [2.45, 2.75) is 37.8 Å². The Morgan fingerprint density at radius 2 is 1.68 bits per heavy atom. The van der Waals surface area contributed by atoms with Gasteiger partial charge in [-0.3, -0.25) is 9.59 Å². The van der Waals surface area contributed by atoms with Crippen LogP contribution in [0, 0.1) is 5.82 Å². The van der Waals surface area contributed by atoms with Crippen molar-refractivity contribution in [3.05, 3.63) is 65.5 Å². The van der Waals surface area contributed by atoms with Gasteiger partial charge >= 0.3 is 0 Å². The molecule has 28 heavy (non-hydrogen) atoms. The number of carbonyl (C=O) groups excluding carboxylic acids is 2. The zero-order valence-corrected chi connectivity index (χ0v) is 15.6. The summed E-state index contributed by atoms with van der Waals surface area (Å²) in [4.78, 5) is 26.5. The van der Waals surface area contributed by atoms with Crippen LogP contribution in [0.25, 0.3) is 0 Å². The highest BCUT2D eigenvalue weighted by Crippen LogP contribution is 2.23. The van der Waals surface area contributed by atoms with Gasteiger partial charge in [-0.25, -0.2) is 4.39 Å². The van der Waals surface area contributed by atoms with Crippen LogP contribution in [0.3, 0.4) is 0 Å². The van der Waals surface area contributed by atoms with Gasteiger partial charge in [0.15, 0.2) is 0 Å². The molecule has 1 atom stereocenters. The largest absolute Gasteiger partial charge is 0.491 e. The minimum atomic E-state index is -0.355. The van der Waals surface area contributed by atoms with Gasteiger partial charge in [-0.05, 0) is 74.2 Å².